The lowest BCUT2D eigenvalue weighted by Gasteiger charge is -2.25. The topological polar surface area (TPSA) is 90.1 Å². The van der Waals surface area contributed by atoms with E-state index in [4.69, 9.17) is 10.5 Å². The molecular formula is C13H16N4O2S. The Morgan fingerprint density at radius 2 is 2.20 bits per heavy atom. The number of anilines is 2. The maximum absolute atomic E-state index is 11.8. The second-order valence-corrected chi connectivity index (χ2v) is 5.64. The zero-order valence-corrected chi connectivity index (χ0v) is 12.3. The lowest BCUT2D eigenvalue weighted by atomic mass is 10.1. The first-order valence-corrected chi connectivity index (χ1v) is 6.84. The second kappa shape index (κ2) is 5.46. The van der Waals surface area contributed by atoms with Gasteiger partial charge in [0.05, 0.1) is 24.5 Å². The van der Waals surface area contributed by atoms with Gasteiger partial charge in [-0.05, 0) is 19.9 Å². The summed E-state index contributed by atoms with van der Waals surface area (Å²) in [6, 6.07) is 1.54. The van der Waals surface area contributed by atoms with Gasteiger partial charge >= 0.3 is 5.97 Å². The molecule has 0 saturated carbocycles. The van der Waals surface area contributed by atoms with Gasteiger partial charge in [0, 0.05) is 11.6 Å². The molecule has 0 spiro atoms. The fourth-order valence-corrected chi connectivity index (χ4v) is 2.45. The Labute approximate surface area is 121 Å². The Hall–Kier alpha value is -2.15. The Kier molecular flexibility index (Phi) is 3.89. The van der Waals surface area contributed by atoms with Crippen molar-refractivity contribution in [3.05, 3.63) is 34.4 Å². The summed E-state index contributed by atoms with van der Waals surface area (Å²) in [4.78, 5) is 20.3. The van der Waals surface area contributed by atoms with E-state index < -0.39 is 11.5 Å². The number of nitrogens with two attached hydrogens (primary N) is 1. The third-order valence-corrected chi connectivity index (χ3v) is 3.81. The van der Waals surface area contributed by atoms with Gasteiger partial charge in [-0.15, -0.1) is 11.3 Å². The van der Waals surface area contributed by atoms with Crippen LogP contribution in [0.4, 0.5) is 11.5 Å². The summed E-state index contributed by atoms with van der Waals surface area (Å²) in [6.45, 7) is 3.93. The molecule has 0 aromatic carbocycles. The molecule has 0 aliphatic heterocycles. The maximum Gasteiger partial charge on any atom is 0.341 e. The number of nitrogens with zero attached hydrogens (tertiary/aromatic N) is 2. The SMILES string of the molecule is COC(=O)c1cc(N)cnc1NC(C)(C)c1nccs1. The molecule has 2 aromatic rings. The van der Waals surface area contributed by atoms with Crippen LogP contribution in [0.25, 0.3) is 0 Å². The van der Waals surface area contributed by atoms with E-state index in [0.29, 0.717) is 17.1 Å². The highest BCUT2D eigenvalue weighted by atomic mass is 32.1. The Bertz CT molecular complexity index is 611. The van der Waals surface area contributed by atoms with Gasteiger partial charge in [-0.3, -0.25) is 0 Å². The quantitative estimate of drug-likeness (QED) is 0.840. The molecule has 0 saturated heterocycles. The number of hydrogen-bond acceptors (Lipinski definition) is 7. The minimum atomic E-state index is -0.484. The first-order chi connectivity index (χ1) is 9.44. The standard InChI is InChI=1S/C13H16N4O2S/c1-13(2,12-15-4-5-20-12)17-10-9(11(18)19-3)6-8(14)7-16-10/h4-7H,14H2,1-3H3,(H,16,17). The van der Waals surface area contributed by atoms with Crippen LogP contribution in [0.1, 0.15) is 29.2 Å². The summed E-state index contributed by atoms with van der Waals surface area (Å²) in [5, 5.41) is 6.01. The molecular weight excluding hydrogens is 276 g/mol. The average Bonchev–Trinajstić information content (AvgIpc) is 2.94. The van der Waals surface area contributed by atoms with E-state index in [9.17, 15) is 4.79 Å². The van der Waals surface area contributed by atoms with E-state index in [-0.39, 0.29) is 0 Å². The first kappa shape index (κ1) is 14.3. The number of rotatable bonds is 4. The van der Waals surface area contributed by atoms with E-state index in [1.807, 2.05) is 19.2 Å². The van der Waals surface area contributed by atoms with E-state index >= 15 is 0 Å². The van der Waals surface area contributed by atoms with Crippen LogP contribution in [0.5, 0.6) is 0 Å². The summed E-state index contributed by atoms with van der Waals surface area (Å²) in [5.41, 5.74) is 5.92. The van der Waals surface area contributed by atoms with Crippen LogP contribution in [0.15, 0.2) is 23.8 Å². The highest BCUT2D eigenvalue weighted by Crippen LogP contribution is 2.28. The van der Waals surface area contributed by atoms with Crippen LogP contribution >= 0.6 is 11.3 Å². The number of pyridine rings is 1. The van der Waals surface area contributed by atoms with Gasteiger partial charge in [0.15, 0.2) is 0 Å². The smallest absolute Gasteiger partial charge is 0.341 e. The highest BCUT2D eigenvalue weighted by Gasteiger charge is 2.26. The Morgan fingerprint density at radius 1 is 1.45 bits per heavy atom. The first-order valence-electron chi connectivity index (χ1n) is 5.96. The van der Waals surface area contributed by atoms with Gasteiger partial charge in [0.2, 0.25) is 0 Å². The van der Waals surface area contributed by atoms with Gasteiger partial charge in [0.1, 0.15) is 16.4 Å². The minimum Gasteiger partial charge on any atom is -0.465 e. The van der Waals surface area contributed by atoms with Gasteiger partial charge in [-0.2, -0.15) is 0 Å². The summed E-state index contributed by atoms with van der Waals surface area (Å²) in [6.07, 6.45) is 3.23. The van der Waals surface area contributed by atoms with Crippen molar-refractivity contribution >= 4 is 28.8 Å². The van der Waals surface area contributed by atoms with Crippen LogP contribution in [-0.2, 0) is 10.3 Å². The van der Waals surface area contributed by atoms with Crippen LogP contribution in [0.2, 0.25) is 0 Å². The predicted molar refractivity (Wildman–Crippen MR) is 78.8 cm³/mol. The molecule has 0 aliphatic rings. The number of nitrogens with one attached hydrogen (secondary N) is 1. The number of carbonyl (C=O) groups is 1. The number of thiazole rings is 1. The molecule has 0 unspecified atom stereocenters. The molecule has 6 nitrogen and oxygen atoms in total. The molecule has 0 radical (unpaired) electrons. The van der Waals surface area contributed by atoms with Crippen LogP contribution in [-0.4, -0.2) is 23.0 Å². The van der Waals surface area contributed by atoms with Crippen molar-refractivity contribution in [1.29, 1.82) is 0 Å². The highest BCUT2D eigenvalue weighted by molar-refractivity contribution is 7.09. The molecule has 2 aromatic heterocycles. The number of nitrogen functional groups attached to an aromatic ring is 1. The molecule has 2 heterocycles. The zero-order chi connectivity index (χ0) is 14.8. The average molecular weight is 292 g/mol. The third-order valence-electron chi connectivity index (χ3n) is 2.71. The number of ether oxygens (including phenoxy) is 1. The summed E-state index contributed by atoms with van der Waals surface area (Å²) in [7, 11) is 1.32. The fraction of sp³-hybridized carbons (Fsp3) is 0.308. The van der Waals surface area contributed by atoms with E-state index in [2.05, 4.69) is 15.3 Å². The molecule has 0 aliphatic carbocycles. The van der Waals surface area contributed by atoms with Crippen molar-refractivity contribution in [2.75, 3.05) is 18.2 Å². The van der Waals surface area contributed by atoms with Crippen LogP contribution in [0.3, 0.4) is 0 Å². The van der Waals surface area contributed by atoms with Gasteiger partial charge < -0.3 is 15.8 Å². The Morgan fingerprint density at radius 3 is 2.80 bits per heavy atom. The number of esters is 1. The number of carbonyl (C=O) groups excluding carboxylic acids is 1. The number of hydrogen-bond donors (Lipinski definition) is 2. The molecule has 106 valence electrons. The number of methoxy groups -OCH3 is 1. The van der Waals surface area contributed by atoms with Crippen LogP contribution < -0.4 is 11.1 Å². The van der Waals surface area contributed by atoms with E-state index in [1.165, 1.54) is 24.6 Å². The van der Waals surface area contributed by atoms with E-state index in [1.54, 1.807) is 12.3 Å². The summed E-state index contributed by atoms with van der Waals surface area (Å²) < 4.78 is 4.75. The second-order valence-electron chi connectivity index (χ2n) is 4.74. The van der Waals surface area contributed by atoms with Crippen molar-refractivity contribution in [3.63, 3.8) is 0 Å². The maximum atomic E-state index is 11.8. The third kappa shape index (κ3) is 2.88. The summed E-state index contributed by atoms with van der Waals surface area (Å²) in [5.74, 6) is -0.0616. The van der Waals surface area contributed by atoms with Crippen molar-refractivity contribution in [2.24, 2.45) is 0 Å². The van der Waals surface area contributed by atoms with Crippen molar-refractivity contribution < 1.29 is 9.53 Å². The predicted octanol–water partition coefficient (Wildman–Crippen LogP) is 2.25. The molecule has 3 N–H and O–H groups in total. The monoisotopic (exact) mass is 292 g/mol. The normalized spacial score (nSPS) is 11.2. The fourth-order valence-electron chi connectivity index (χ4n) is 1.73. The van der Waals surface area contributed by atoms with E-state index in [0.717, 1.165) is 5.01 Å². The van der Waals surface area contributed by atoms with Crippen molar-refractivity contribution in [1.82, 2.24) is 9.97 Å². The van der Waals surface area contributed by atoms with Crippen LogP contribution in [0, 0.1) is 0 Å². The molecule has 0 fully saturated rings. The molecule has 2 rings (SSSR count). The lowest BCUT2D eigenvalue weighted by Crippen LogP contribution is -2.29. The molecule has 0 atom stereocenters. The molecule has 0 amide bonds. The lowest BCUT2D eigenvalue weighted by molar-refractivity contribution is 0.0601. The van der Waals surface area contributed by atoms with Crippen molar-refractivity contribution in [3.8, 4) is 0 Å². The molecule has 7 heteroatoms. The molecule has 0 bridgehead atoms. The molecule has 20 heavy (non-hydrogen) atoms. The number of aromatic nitrogens is 2. The van der Waals surface area contributed by atoms with Gasteiger partial charge in [-0.1, -0.05) is 0 Å². The Balaban J connectivity index is 2.36. The largest absolute Gasteiger partial charge is 0.465 e. The minimum absolute atomic E-state index is 0.303. The summed E-state index contributed by atoms with van der Waals surface area (Å²) >= 11 is 1.53. The van der Waals surface area contributed by atoms with Crippen molar-refractivity contribution in [2.45, 2.75) is 19.4 Å². The van der Waals surface area contributed by atoms with Gasteiger partial charge in [-0.25, -0.2) is 14.8 Å². The van der Waals surface area contributed by atoms with Gasteiger partial charge in [0.25, 0.3) is 0 Å². The zero-order valence-electron chi connectivity index (χ0n) is 11.5.